The number of carboxylic acid groups (broad SMARTS) is 1. The van der Waals surface area contributed by atoms with Gasteiger partial charge >= 0.3 is 5.97 Å². The molecular weight excluding hydrogens is 346 g/mol. The van der Waals surface area contributed by atoms with Gasteiger partial charge < -0.3 is 15.3 Å². The van der Waals surface area contributed by atoms with Gasteiger partial charge in [-0.2, -0.15) is 8.42 Å². The average molecular weight is 367 g/mol. The molecule has 2 rings (SSSR count). The minimum Gasteiger partial charge on any atom is -0.480 e. The van der Waals surface area contributed by atoms with E-state index in [9.17, 15) is 23.1 Å². The number of amides is 1. The first-order valence-electron chi connectivity index (χ1n) is 7.79. The summed E-state index contributed by atoms with van der Waals surface area (Å²) in [7, 11) is -2.23. The Kier molecular flexibility index (Phi) is 5.46. The number of carbonyl (C=O) groups is 2. The molecule has 1 heterocycles. The third-order valence-electron chi connectivity index (χ3n) is 3.70. The maximum Gasteiger partial charge on any atom is 0.326 e. The van der Waals surface area contributed by atoms with Crippen LogP contribution >= 0.6 is 0 Å². The van der Waals surface area contributed by atoms with E-state index in [1.54, 1.807) is 18.2 Å². The van der Waals surface area contributed by atoms with Crippen LogP contribution in [0.2, 0.25) is 0 Å². The number of nitrogens with zero attached hydrogens (tertiary/aromatic N) is 2. The number of rotatable bonds is 6. The van der Waals surface area contributed by atoms with E-state index in [0.717, 1.165) is 0 Å². The van der Waals surface area contributed by atoms with Gasteiger partial charge in [0.1, 0.15) is 10.9 Å². The van der Waals surface area contributed by atoms with Gasteiger partial charge in [0.05, 0.1) is 6.54 Å². The molecule has 136 valence electrons. The number of fused-ring (bicyclic) bond motifs is 1. The maximum atomic E-state index is 12.2. The highest BCUT2D eigenvalue weighted by Crippen LogP contribution is 2.26. The molecule has 0 bridgehead atoms. The fraction of sp³-hybridized carbons (Fsp3) is 0.438. The van der Waals surface area contributed by atoms with Gasteiger partial charge in [-0.3, -0.25) is 4.79 Å². The smallest absolute Gasteiger partial charge is 0.326 e. The van der Waals surface area contributed by atoms with E-state index in [1.165, 1.54) is 18.0 Å². The molecule has 1 aromatic rings. The Hall–Kier alpha value is -2.42. The Balaban J connectivity index is 2.11. The number of aliphatic carboxylic acids is 1. The molecule has 25 heavy (non-hydrogen) atoms. The molecule has 1 aliphatic heterocycles. The first-order chi connectivity index (χ1) is 11.6. The van der Waals surface area contributed by atoms with Gasteiger partial charge in [0.15, 0.2) is 5.84 Å². The predicted molar refractivity (Wildman–Crippen MR) is 91.8 cm³/mol. The zero-order valence-corrected chi connectivity index (χ0v) is 15.1. The molecule has 2 N–H and O–H groups in total. The Labute approximate surface area is 146 Å². The molecule has 1 aliphatic rings. The van der Waals surface area contributed by atoms with Crippen molar-refractivity contribution in [1.82, 2.24) is 10.2 Å². The van der Waals surface area contributed by atoms with Gasteiger partial charge in [0, 0.05) is 12.6 Å². The number of likely N-dealkylation sites (N-methyl/N-ethyl adjacent to an activating group) is 1. The number of carboxylic acids is 1. The lowest BCUT2D eigenvalue weighted by molar-refractivity contribution is -0.142. The summed E-state index contributed by atoms with van der Waals surface area (Å²) in [4.78, 5) is 24.9. The second-order valence-electron chi connectivity index (χ2n) is 6.33. The van der Waals surface area contributed by atoms with E-state index in [-0.39, 0.29) is 23.2 Å². The van der Waals surface area contributed by atoms with Crippen molar-refractivity contribution in [2.45, 2.75) is 31.2 Å². The summed E-state index contributed by atoms with van der Waals surface area (Å²) in [5, 5.41) is 11.6. The summed E-state index contributed by atoms with van der Waals surface area (Å²) >= 11 is 0. The lowest BCUT2D eigenvalue weighted by Gasteiger charge is -2.21. The van der Waals surface area contributed by atoms with E-state index >= 15 is 0 Å². The second kappa shape index (κ2) is 7.22. The van der Waals surface area contributed by atoms with Crippen molar-refractivity contribution in [2.24, 2.45) is 10.3 Å². The number of amidine groups is 1. The van der Waals surface area contributed by atoms with Crippen molar-refractivity contribution in [3.8, 4) is 0 Å². The van der Waals surface area contributed by atoms with Gasteiger partial charge in [0.2, 0.25) is 5.91 Å². The number of hydrogen-bond acceptors (Lipinski definition) is 5. The normalized spacial score (nSPS) is 16.1. The van der Waals surface area contributed by atoms with Gasteiger partial charge in [-0.05, 0) is 24.5 Å². The van der Waals surface area contributed by atoms with Crippen molar-refractivity contribution in [2.75, 3.05) is 13.6 Å². The van der Waals surface area contributed by atoms with Crippen molar-refractivity contribution < 1.29 is 23.1 Å². The maximum absolute atomic E-state index is 12.2. The Morgan fingerprint density at radius 2 is 1.92 bits per heavy atom. The summed E-state index contributed by atoms with van der Waals surface area (Å²) in [6.07, 6.45) is 0.308. The minimum atomic E-state index is -3.77. The van der Waals surface area contributed by atoms with Crippen LogP contribution in [0.5, 0.6) is 0 Å². The molecular formula is C16H21N3O5S. The van der Waals surface area contributed by atoms with Gasteiger partial charge in [-0.15, -0.1) is 4.40 Å². The van der Waals surface area contributed by atoms with Crippen LogP contribution in [-0.4, -0.2) is 55.8 Å². The van der Waals surface area contributed by atoms with Crippen LogP contribution in [-0.2, 0) is 19.6 Å². The van der Waals surface area contributed by atoms with Gasteiger partial charge in [-0.25, -0.2) is 4.79 Å². The molecule has 1 unspecified atom stereocenters. The standard InChI is InChI=1S/C16H21N3O5S/c1-10(2)8-12(16(21)22)17-14(20)9-19(3)15-11-6-4-5-7-13(11)25(23,24)18-15/h4-7,10,12H,8-9H2,1-3H3,(H,17,20)(H,21,22). The molecule has 0 saturated heterocycles. The second-order valence-corrected chi connectivity index (χ2v) is 7.90. The molecule has 0 aliphatic carbocycles. The highest BCUT2D eigenvalue weighted by Gasteiger charge is 2.31. The number of carbonyl (C=O) groups excluding carboxylic acids is 1. The molecule has 1 amide bonds. The lowest BCUT2D eigenvalue weighted by atomic mass is 10.0. The number of sulfonamides is 1. The van der Waals surface area contributed by atoms with Gasteiger partial charge in [0.25, 0.3) is 10.0 Å². The van der Waals surface area contributed by atoms with Gasteiger partial charge in [-0.1, -0.05) is 26.0 Å². The molecule has 1 aromatic carbocycles. The number of benzene rings is 1. The molecule has 9 heteroatoms. The van der Waals surface area contributed by atoms with Crippen LogP contribution in [0, 0.1) is 5.92 Å². The minimum absolute atomic E-state index is 0.0977. The Morgan fingerprint density at radius 1 is 1.28 bits per heavy atom. The van der Waals surface area contributed by atoms with E-state index in [0.29, 0.717) is 12.0 Å². The first-order valence-corrected chi connectivity index (χ1v) is 9.23. The molecule has 0 aromatic heterocycles. The molecule has 1 atom stereocenters. The summed E-state index contributed by atoms with van der Waals surface area (Å²) < 4.78 is 27.8. The van der Waals surface area contributed by atoms with Crippen molar-refractivity contribution in [1.29, 1.82) is 0 Å². The molecule has 0 spiro atoms. The SMILES string of the molecule is CC(C)CC(NC(=O)CN(C)C1=NS(=O)(=O)c2ccccc21)C(=O)O. The average Bonchev–Trinajstić information content (AvgIpc) is 2.78. The zero-order valence-electron chi connectivity index (χ0n) is 14.3. The largest absolute Gasteiger partial charge is 0.480 e. The fourth-order valence-corrected chi connectivity index (χ4v) is 3.84. The van der Waals surface area contributed by atoms with Crippen molar-refractivity contribution >= 4 is 27.7 Å². The highest BCUT2D eigenvalue weighted by atomic mass is 32.2. The first kappa shape index (κ1) is 18.9. The highest BCUT2D eigenvalue weighted by molar-refractivity contribution is 7.90. The number of hydrogen-bond donors (Lipinski definition) is 2. The van der Waals surface area contributed by atoms with Crippen LogP contribution in [0.3, 0.4) is 0 Å². The molecule has 0 saturated carbocycles. The molecule has 0 radical (unpaired) electrons. The third kappa shape index (κ3) is 4.36. The monoisotopic (exact) mass is 367 g/mol. The summed E-state index contributed by atoms with van der Waals surface area (Å²) in [6.45, 7) is 3.52. The quantitative estimate of drug-likeness (QED) is 0.764. The molecule has 8 nitrogen and oxygen atoms in total. The topological polar surface area (TPSA) is 116 Å². The molecule has 0 fully saturated rings. The van der Waals surface area contributed by atoms with Crippen molar-refractivity contribution in [3.05, 3.63) is 29.8 Å². The Bertz CT molecular complexity index is 817. The van der Waals surface area contributed by atoms with E-state index < -0.39 is 27.9 Å². The van der Waals surface area contributed by atoms with Crippen molar-refractivity contribution in [3.63, 3.8) is 0 Å². The fourth-order valence-electron chi connectivity index (χ4n) is 2.59. The third-order valence-corrected chi connectivity index (χ3v) is 5.02. The van der Waals surface area contributed by atoms with E-state index in [4.69, 9.17) is 0 Å². The predicted octanol–water partition coefficient (Wildman–Crippen LogP) is 0.683. The van der Waals surface area contributed by atoms with Crippen LogP contribution in [0.4, 0.5) is 0 Å². The van der Waals surface area contributed by atoms with Crippen LogP contribution in [0.15, 0.2) is 33.6 Å². The van der Waals surface area contributed by atoms with Crippen LogP contribution in [0.25, 0.3) is 0 Å². The van der Waals surface area contributed by atoms with Crippen LogP contribution in [0.1, 0.15) is 25.8 Å². The number of nitrogens with one attached hydrogen (secondary N) is 1. The van der Waals surface area contributed by atoms with E-state index in [1.807, 2.05) is 13.8 Å². The lowest BCUT2D eigenvalue weighted by Crippen LogP contribution is -2.46. The van der Waals surface area contributed by atoms with Crippen LogP contribution < -0.4 is 5.32 Å². The summed E-state index contributed by atoms with van der Waals surface area (Å²) in [6, 6.07) is 5.38. The summed E-state index contributed by atoms with van der Waals surface area (Å²) in [5.74, 6) is -1.34. The summed E-state index contributed by atoms with van der Waals surface area (Å²) in [5.41, 5.74) is 0.426. The zero-order chi connectivity index (χ0) is 18.8. The van der Waals surface area contributed by atoms with E-state index in [2.05, 4.69) is 9.71 Å². The Morgan fingerprint density at radius 3 is 2.52 bits per heavy atom.